The Bertz CT molecular complexity index is 1090. The fraction of sp³-hybridized carbons (Fsp3) is 0.346. The van der Waals surface area contributed by atoms with Crippen molar-refractivity contribution in [3.8, 4) is 16.9 Å². The molecule has 0 spiro atoms. The number of rotatable bonds is 7. The minimum Gasteiger partial charge on any atom is -0.493 e. The molecule has 1 aliphatic heterocycles. The second-order valence-corrected chi connectivity index (χ2v) is 8.46. The number of ether oxygens (including phenoxy) is 1. The Morgan fingerprint density at radius 3 is 2.76 bits per heavy atom. The van der Waals surface area contributed by atoms with Crippen LogP contribution in [0.1, 0.15) is 30.9 Å². The molecule has 7 heteroatoms. The summed E-state index contributed by atoms with van der Waals surface area (Å²) in [4.78, 5) is 26.1. The fourth-order valence-electron chi connectivity index (χ4n) is 4.15. The van der Waals surface area contributed by atoms with E-state index < -0.39 is 0 Å². The van der Waals surface area contributed by atoms with Gasteiger partial charge in [-0.1, -0.05) is 36.4 Å². The third-order valence-electron chi connectivity index (χ3n) is 5.83. The van der Waals surface area contributed by atoms with Gasteiger partial charge in [0.05, 0.1) is 18.7 Å². The number of piperidine rings is 1. The van der Waals surface area contributed by atoms with Crippen molar-refractivity contribution in [3.63, 3.8) is 0 Å². The molecule has 4 rings (SSSR count). The maximum Gasteiger partial charge on any atom is 0.226 e. The van der Waals surface area contributed by atoms with Gasteiger partial charge in [0.1, 0.15) is 11.6 Å². The summed E-state index contributed by atoms with van der Waals surface area (Å²) in [5, 5.41) is 0. The van der Waals surface area contributed by atoms with Crippen LogP contribution in [0, 0.1) is 5.82 Å². The number of halogens is 1. The van der Waals surface area contributed by atoms with Crippen LogP contribution in [0.3, 0.4) is 0 Å². The van der Waals surface area contributed by atoms with Crippen molar-refractivity contribution in [2.75, 3.05) is 38.7 Å². The summed E-state index contributed by atoms with van der Waals surface area (Å²) in [7, 11) is 3.85. The lowest BCUT2D eigenvalue weighted by atomic mass is 9.90. The molecule has 1 saturated heterocycles. The molecule has 1 amide bonds. The lowest BCUT2D eigenvalue weighted by Gasteiger charge is -2.33. The largest absolute Gasteiger partial charge is 0.493 e. The molecule has 1 fully saturated rings. The summed E-state index contributed by atoms with van der Waals surface area (Å²) >= 11 is 0. The maximum absolute atomic E-state index is 13.3. The highest BCUT2D eigenvalue weighted by molar-refractivity contribution is 5.76. The molecule has 2 heterocycles. The van der Waals surface area contributed by atoms with Crippen LogP contribution in [0.15, 0.2) is 60.8 Å². The topological polar surface area (TPSA) is 58.6 Å². The number of carbonyl (C=O) groups is 1. The Balaban J connectivity index is 1.47. The second kappa shape index (κ2) is 10.4. The molecule has 1 aromatic heterocycles. The van der Waals surface area contributed by atoms with Crippen molar-refractivity contribution >= 4 is 11.9 Å². The van der Waals surface area contributed by atoms with E-state index in [9.17, 15) is 9.18 Å². The van der Waals surface area contributed by atoms with Gasteiger partial charge in [-0.15, -0.1) is 0 Å². The van der Waals surface area contributed by atoms with E-state index in [4.69, 9.17) is 9.72 Å². The first-order valence-electron chi connectivity index (χ1n) is 11.3. The average molecular weight is 449 g/mol. The predicted molar refractivity (Wildman–Crippen MR) is 127 cm³/mol. The summed E-state index contributed by atoms with van der Waals surface area (Å²) in [6, 6.07) is 16.1. The van der Waals surface area contributed by atoms with Crippen LogP contribution in [0.4, 0.5) is 10.3 Å². The van der Waals surface area contributed by atoms with Crippen LogP contribution in [0.25, 0.3) is 11.1 Å². The Morgan fingerprint density at radius 1 is 1.18 bits per heavy atom. The first-order valence-corrected chi connectivity index (χ1v) is 11.3. The molecule has 172 valence electrons. The summed E-state index contributed by atoms with van der Waals surface area (Å²) in [6.45, 7) is 1.56. The minimum absolute atomic E-state index is 0.0410. The molecule has 1 aliphatic rings. The Hall–Kier alpha value is -3.48. The number of anilines is 1. The molecule has 6 nitrogen and oxygen atoms in total. The van der Waals surface area contributed by atoms with E-state index in [1.165, 1.54) is 12.1 Å². The standard InChI is InChI=1S/C26H29FN4O2/c1-30(2)26-28-17-23(19-8-4-3-5-9-19)25(29-26)20-10-7-14-31(18-20)24(32)13-15-33-22-12-6-11-21(27)16-22/h3-6,8-9,11-12,16-17,20H,7,10,13-15,18H2,1-2H3/t20-/m0/s1. The SMILES string of the molecule is CN(C)c1ncc(-c2ccccc2)c([C@H]2CCCN(C(=O)CCOc3cccc(F)c3)C2)n1. The summed E-state index contributed by atoms with van der Waals surface area (Å²) in [6.07, 6.45) is 4.02. The summed E-state index contributed by atoms with van der Waals surface area (Å²) in [5.41, 5.74) is 3.06. The average Bonchev–Trinajstić information content (AvgIpc) is 2.84. The second-order valence-electron chi connectivity index (χ2n) is 8.46. The zero-order valence-corrected chi connectivity index (χ0v) is 19.1. The van der Waals surface area contributed by atoms with Gasteiger partial charge in [-0.2, -0.15) is 0 Å². The van der Waals surface area contributed by atoms with Gasteiger partial charge in [0, 0.05) is 50.9 Å². The predicted octanol–water partition coefficient (Wildman–Crippen LogP) is 4.52. The number of benzene rings is 2. The Labute approximate surface area is 194 Å². The summed E-state index contributed by atoms with van der Waals surface area (Å²) in [5.74, 6) is 0.914. The van der Waals surface area contributed by atoms with Crippen molar-refractivity contribution in [2.24, 2.45) is 0 Å². The number of aromatic nitrogens is 2. The van der Waals surface area contributed by atoms with Gasteiger partial charge in [0.25, 0.3) is 0 Å². The van der Waals surface area contributed by atoms with Crippen LogP contribution < -0.4 is 9.64 Å². The van der Waals surface area contributed by atoms with Gasteiger partial charge in [-0.25, -0.2) is 14.4 Å². The van der Waals surface area contributed by atoms with Gasteiger partial charge in [0.15, 0.2) is 0 Å². The number of hydrogen-bond acceptors (Lipinski definition) is 5. The third kappa shape index (κ3) is 5.66. The van der Waals surface area contributed by atoms with E-state index in [0.29, 0.717) is 18.2 Å². The molecule has 2 aromatic carbocycles. The normalized spacial score (nSPS) is 15.8. The van der Waals surface area contributed by atoms with Gasteiger partial charge < -0.3 is 14.5 Å². The van der Waals surface area contributed by atoms with Crippen molar-refractivity contribution < 1.29 is 13.9 Å². The highest BCUT2D eigenvalue weighted by Crippen LogP contribution is 2.34. The minimum atomic E-state index is -0.353. The lowest BCUT2D eigenvalue weighted by Crippen LogP contribution is -2.40. The Morgan fingerprint density at radius 2 is 2.00 bits per heavy atom. The Kier molecular flexibility index (Phi) is 7.17. The number of nitrogens with zero attached hydrogens (tertiary/aromatic N) is 4. The molecule has 0 bridgehead atoms. The quantitative estimate of drug-likeness (QED) is 0.532. The van der Waals surface area contributed by atoms with E-state index in [0.717, 1.165) is 36.2 Å². The number of carbonyl (C=O) groups excluding carboxylic acids is 1. The van der Waals surface area contributed by atoms with Crippen molar-refractivity contribution in [3.05, 3.63) is 72.3 Å². The number of hydrogen-bond donors (Lipinski definition) is 0. The highest BCUT2D eigenvalue weighted by Gasteiger charge is 2.28. The van der Waals surface area contributed by atoms with Crippen molar-refractivity contribution in [1.82, 2.24) is 14.9 Å². The van der Waals surface area contributed by atoms with E-state index in [-0.39, 0.29) is 30.7 Å². The van der Waals surface area contributed by atoms with Crippen LogP contribution in [-0.2, 0) is 4.79 Å². The van der Waals surface area contributed by atoms with E-state index in [2.05, 4.69) is 17.1 Å². The molecular formula is C26H29FN4O2. The zero-order chi connectivity index (χ0) is 23.2. The van der Waals surface area contributed by atoms with E-state index >= 15 is 0 Å². The van der Waals surface area contributed by atoms with E-state index in [1.54, 1.807) is 12.1 Å². The lowest BCUT2D eigenvalue weighted by molar-refractivity contribution is -0.132. The van der Waals surface area contributed by atoms with Crippen LogP contribution >= 0.6 is 0 Å². The zero-order valence-electron chi connectivity index (χ0n) is 19.1. The van der Waals surface area contributed by atoms with Crippen molar-refractivity contribution in [1.29, 1.82) is 0 Å². The van der Waals surface area contributed by atoms with Crippen LogP contribution in [-0.4, -0.2) is 54.6 Å². The molecule has 1 atom stereocenters. The first-order chi connectivity index (χ1) is 16.0. The van der Waals surface area contributed by atoms with Gasteiger partial charge >= 0.3 is 0 Å². The molecular weight excluding hydrogens is 419 g/mol. The van der Waals surface area contributed by atoms with Crippen LogP contribution in [0.2, 0.25) is 0 Å². The molecule has 3 aromatic rings. The number of amides is 1. The van der Waals surface area contributed by atoms with Crippen molar-refractivity contribution in [2.45, 2.75) is 25.2 Å². The van der Waals surface area contributed by atoms with Gasteiger partial charge in [0.2, 0.25) is 11.9 Å². The molecule has 0 aliphatic carbocycles. The summed E-state index contributed by atoms with van der Waals surface area (Å²) < 4.78 is 18.9. The van der Waals surface area contributed by atoms with Gasteiger partial charge in [-0.3, -0.25) is 4.79 Å². The maximum atomic E-state index is 13.3. The van der Waals surface area contributed by atoms with Gasteiger partial charge in [-0.05, 0) is 30.5 Å². The molecule has 0 unspecified atom stereocenters. The monoisotopic (exact) mass is 448 g/mol. The molecule has 33 heavy (non-hydrogen) atoms. The fourth-order valence-corrected chi connectivity index (χ4v) is 4.15. The number of likely N-dealkylation sites (tertiary alicyclic amines) is 1. The third-order valence-corrected chi connectivity index (χ3v) is 5.83. The molecule has 0 radical (unpaired) electrons. The van der Waals surface area contributed by atoms with E-state index in [1.807, 2.05) is 48.3 Å². The highest BCUT2D eigenvalue weighted by atomic mass is 19.1. The molecule has 0 N–H and O–H groups in total. The smallest absolute Gasteiger partial charge is 0.226 e. The van der Waals surface area contributed by atoms with Crippen LogP contribution in [0.5, 0.6) is 5.75 Å². The molecule has 0 saturated carbocycles. The first kappa shape index (κ1) is 22.7.